The molecule has 0 aliphatic heterocycles. The third kappa shape index (κ3) is 3.19. The summed E-state index contributed by atoms with van der Waals surface area (Å²) in [5.74, 6) is -0.579. The molecule has 1 heterocycles. The molecule has 82 valence electrons. The molecule has 1 amide bonds. The predicted octanol–water partition coefficient (Wildman–Crippen LogP) is -1.54. The number of aliphatic hydroxyl groups excluding tert-OH is 2. The maximum Gasteiger partial charge on any atom is 0.260 e. The van der Waals surface area contributed by atoms with Crippen LogP contribution >= 0.6 is 0 Å². The van der Waals surface area contributed by atoms with E-state index in [9.17, 15) is 9.59 Å². The second-order valence-corrected chi connectivity index (χ2v) is 2.96. The summed E-state index contributed by atoms with van der Waals surface area (Å²) in [4.78, 5) is 24.9. The molecular weight excluding hydrogens is 200 g/mol. The van der Waals surface area contributed by atoms with Gasteiger partial charge in [-0.05, 0) is 12.1 Å². The van der Waals surface area contributed by atoms with E-state index in [1.807, 2.05) is 0 Å². The Balaban J connectivity index is 2.62. The van der Waals surface area contributed by atoms with E-state index < -0.39 is 24.2 Å². The zero-order valence-corrected chi connectivity index (χ0v) is 7.93. The highest BCUT2D eigenvalue weighted by Gasteiger charge is 2.10. The van der Waals surface area contributed by atoms with Gasteiger partial charge in [0.05, 0.1) is 12.7 Å². The summed E-state index contributed by atoms with van der Waals surface area (Å²) in [7, 11) is 0. The van der Waals surface area contributed by atoms with Gasteiger partial charge < -0.3 is 20.5 Å². The molecule has 0 aliphatic rings. The van der Waals surface area contributed by atoms with Gasteiger partial charge in [0.25, 0.3) is 11.5 Å². The van der Waals surface area contributed by atoms with Crippen molar-refractivity contribution in [3.05, 3.63) is 34.2 Å². The molecule has 0 spiro atoms. The minimum atomic E-state index is -1.02. The van der Waals surface area contributed by atoms with Gasteiger partial charge in [-0.25, -0.2) is 0 Å². The SMILES string of the molecule is O=C(NCC(O)CO)c1ccc[nH]c1=O. The van der Waals surface area contributed by atoms with E-state index >= 15 is 0 Å². The maximum atomic E-state index is 11.4. The number of pyridine rings is 1. The van der Waals surface area contributed by atoms with Gasteiger partial charge in [-0.2, -0.15) is 0 Å². The van der Waals surface area contributed by atoms with Crippen LogP contribution in [0.4, 0.5) is 0 Å². The number of aliphatic hydroxyl groups is 2. The van der Waals surface area contributed by atoms with Crippen molar-refractivity contribution in [3.8, 4) is 0 Å². The van der Waals surface area contributed by atoms with E-state index in [0.717, 1.165) is 0 Å². The van der Waals surface area contributed by atoms with Crippen molar-refractivity contribution in [2.75, 3.05) is 13.2 Å². The number of amides is 1. The Labute approximate surface area is 85.6 Å². The summed E-state index contributed by atoms with van der Waals surface area (Å²) < 4.78 is 0. The fraction of sp³-hybridized carbons (Fsp3) is 0.333. The molecule has 0 saturated heterocycles. The molecule has 0 aliphatic carbocycles. The minimum absolute atomic E-state index is 0.0253. The van der Waals surface area contributed by atoms with Crippen molar-refractivity contribution in [1.29, 1.82) is 0 Å². The Bertz CT molecular complexity index is 388. The Morgan fingerprint density at radius 3 is 2.93 bits per heavy atom. The summed E-state index contributed by atoms with van der Waals surface area (Å²) >= 11 is 0. The zero-order valence-electron chi connectivity index (χ0n) is 7.93. The van der Waals surface area contributed by atoms with Crippen LogP contribution in [0.3, 0.4) is 0 Å². The van der Waals surface area contributed by atoms with Crippen molar-refractivity contribution in [3.63, 3.8) is 0 Å². The van der Waals surface area contributed by atoms with Crippen LogP contribution in [0.5, 0.6) is 0 Å². The van der Waals surface area contributed by atoms with E-state index in [-0.39, 0.29) is 12.1 Å². The summed E-state index contributed by atoms with van der Waals surface area (Å²) in [6.45, 7) is -0.533. The first kappa shape index (κ1) is 11.4. The number of rotatable bonds is 4. The molecular formula is C9H12N2O4. The molecule has 1 aromatic rings. The highest BCUT2D eigenvalue weighted by Crippen LogP contribution is 1.89. The predicted molar refractivity (Wildman–Crippen MR) is 52.5 cm³/mol. The number of aromatic amines is 1. The summed E-state index contributed by atoms with van der Waals surface area (Å²) in [5, 5.41) is 19.8. The number of hydrogen-bond acceptors (Lipinski definition) is 4. The average molecular weight is 212 g/mol. The molecule has 4 N–H and O–H groups in total. The zero-order chi connectivity index (χ0) is 11.3. The number of hydrogen-bond donors (Lipinski definition) is 4. The Kier molecular flexibility index (Phi) is 4.02. The number of aromatic nitrogens is 1. The summed E-state index contributed by atoms with van der Waals surface area (Å²) in [5.41, 5.74) is -0.517. The number of H-pyrrole nitrogens is 1. The topological polar surface area (TPSA) is 102 Å². The first-order valence-corrected chi connectivity index (χ1v) is 4.40. The largest absolute Gasteiger partial charge is 0.394 e. The van der Waals surface area contributed by atoms with Crippen molar-refractivity contribution in [1.82, 2.24) is 10.3 Å². The molecule has 1 aromatic heterocycles. The van der Waals surface area contributed by atoms with E-state index in [4.69, 9.17) is 10.2 Å². The van der Waals surface area contributed by atoms with Gasteiger partial charge in [-0.15, -0.1) is 0 Å². The van der Waals surface area contributed by atoms with Gasteiger partial charge in [0.1, 0.15) is 5.56 Å². The lowest BCUT2D eigenvalue weighted by Crippen LogP contribution is -2.36. The molecule has 0 radical (unpaired) electrons. The minimum Gasteiger partial charge on any atom is -0.394 e. The van der Waals surface area contributed by atoms with E-state index in [1.54, 1.807) is 0 Å². The smallest absolute Gasteiger partial charge is 0.260 e. The highest BCUT2D eigenvalue weighted by molar-refractivity contribution is 5.93. The van der Waals surface area contributed by atoms with Crippen LogP contribution in [-0.2, 0) is 0 Å². The quantitative estimate of drug-likeness (QED) is 0.485. The molecule has 0 fully saturated rings. The summed E-state index contributed by atoms with van der Waals surface area (Å²) in [6, 6.07) is 2.90. The van der Waals surface area contributed by atoms with Gasteiger partial charge in [0.2, 0.25) is 0 Å². The molecule has 0 aromatic carbocycles. The lowest BCUT2D eigenvalue weighted by molar-refractivity contribution is 0.0801. The molecule has 0 bridgehead atoms. The van der Waals surface area contributed by atoms with Crippen LogP contribution in [-0.4, -0.2) is 40.4 Å². The van der Waals surface area contributed by atoms with Gasteiger partial charge >= 0.3 is 0 Å². The molecule has 1 unspecified atom stereocenters. The van der Waals surface area contributed by atoms with Crippen LogP contribution in [0.25, 0.3) is 0 Å². The van der Waals surface area contributed by atoms with Crippen molar-refractivity contribution in [2.24, 2.45) is 0 Å². The van der Waals surface area contributed by atoms with Crippen LogP contribution in [0.2, 0.25) is 0 Å². The second kappa shape index (κ2) is 5.28. The average Bonchev–Trinajstić information content (AvgIpc) is 2.26. The van der Waals surface area contributed by atoms with Crippen molar-refractivity contribution in [2.45, 2.75) is 6.10 Å². The van der Waals surface area contributed by atoms with Crippen LogP contribution in [0.15, 0.2) is 23.1 Å². The Morgan fingerprint density at radius 2 is 2.33 bits per heavy atom. The molecule has 0 saturated carbocycles. The molecule has 6 nitrogen and oxygen atoms in total. The first-order valence-electron chi connectivity index (χ1n) is 4.40. The second-order valence-electron chi connectivity index (χ2n) is 2.96. The van der Waals surface area contributed by atoms with Gasteiger partial charge in [-0.3, -0.25) is 9.59 Å². The van der Waals surface area contributed by atoms with E-state index in [1.165, 1.54) is 18.3 Å². The third-order valence-electron chi connectivity index (χ3n) is 1.77. The summed E-state index contributed by atoms with van der Waals surface area (Å²) in [6.07, 6.45) is 0.401. The standard InChI is InChI=1S/C9H12N2O4/c12-5-6(13)4-11-9(15)7-2-1-3-10-8(7)14/h1-3,6,12-13H,4-5H2,(H,10,14)(H,11,15). The molecule has 15 heavy (non-hydrogen) atoms. The van der Waals surface area contributed by atoms with E-state index in [0.29, 0.717) is 0 Å². The Hall–Kier alpha value is -1.66. The van der Waals surface area contributed by atoms with Crippen LogP contribution < -0.4 is 10.9 Å². The number of carbonyl (C=O) groups is 1. The monoisotopic (exact) mass is 212 g/mol. The fourth-order valence-electron chi connectivity index (χ4n) is 0.971. The highest BCUT2D eigenvalue weighted by atomic mass is 16.3. The van der Waals surface area contributed by atoms with Crippen LogP contribution in [0.1, 0.15) is 10.4 Å². The van der Waals surface area contributed by atoms with Crippen LogP contribution in [0, 0.1) is 0 Å². The lowest BCUT2D eigenvalue weighted by Gasteiger charge is -2.08. The number of nitrogens with one attached hydrogen (secondary N) is 2. The lowest BCUT2D eigenvalue weighted by atomic mass is 10.2. The van der Waals surface area contributed by atoms with Gasteiger partial charge in [-0.1, -0.05) is 0 Å². The van der Waals surface area contributed by atoms with Crippen molar-refractivity contribution < 1.29 is 15.0 Å². The fourth-order valence-corrected chi connectivity index (χ4v) is 0.971. The van der Waals surface area contributed by atoms with E-state index in [2.05, 4.69) is 10.3 Å². The third-order valence-corrected chi connectivity index (χ3v) is 1.77. The molecule has 1 rings (SSSR count). The normalized spacial score (nSPS) is 12.1. The van der Waals surface area contributed by atoms with Gasteiger partial charge in [0.15, 0.2) is 0 Å². The first-order chi connectivity index (χ1) is 7.15. The van der Waals surface area contributed by atoms with Gasteiger partial charge in [0, 0.05) is 12.7 Å². The Morgan fingerprint density at radius 1 is 1.60 bits per heavy atom. The molecule has 6 heteroatoms. The maximum absolute atomic E-state index is 11.4. The molecule has 1 atom stereocenters. The van der Waals surface area contributed by atoms with Crippen molar-refractivity contribution >= 4 is 5.91 Å². The number of carbonyl (C=O) groups excluding carboxylic acids is 1.